The van der Waals surface area contributed by atoms with Gasteiger partial charge in [-0.25, -0.2) is 9.78 Å². The molecule has 0 unspecified atom stereocenters. The molecule has 1 aromatic rings. The molecular formula is C20H31N3O4S. The lowest BCUT2D eigenvalue weighted by Crippen LogP contribution is -2.35. The summed E-state index contributed by atoms with van der Waals surface area (Å²) in [6.07, 6.45) is 5.28. The molecule has 2 N–H and O–H groups in total. The molecule has 1 rings (SSSR count). The largest absolute Gasteiger partial charge is 0.452 e. The Morgan fingerprint density at radius 1 is 1.07 bits per heavy atom. The Morgan fingerprint density at radius 2 is 1.68 bits per heavy atom. The summed E-state index contributed by atoms with van der Waals surface area (Å²) in [7, 11) is 0. The molecule has 0 saturated carbocycles. The summed E-state index contributed by atoms with van der Waals surface area (Å²) in [5, 5.41) is 6.10. The van der Waals surface area contributed by atoms with Gasteiger partial charge in [0.05, 0.1) is 11.3 Å². The summed E-state index contributed by atoms with van der Waals surface area (Å²) >= 11 is 1.17. The number of esters is 1. The van der Waals surface area contributed by atoms with E-state index in [1.807, 2.05) is 20.8 Å². The highest BCUT2D eigenvalue weighted by atomic mass is 32.2. The van der Waals surface area contributed by atoms with Gasteiger partial charge in [-0.05, 0) is 38.8 Å². The molecule has 0 saturated heterocycles. The van der Waals surface area contributed by atoms with Gasteiger partial charge in [-0.1, -0.05) is 38.5 Å². The molecule has 0 radical (unpaired) electrons. The lowest BCUT2D eigenvalue weighted by Gasteiger charge is -2.14. The number of ether oxygens (including phenoxy) is 1. The van der Waals surface area contributed by atoms with Gasteiger partial charge in [0.1, 0.15) is 5.03 Å². The third kappa shape index (κ3) is 9.21. The fourth-order valence-electron chi connectivity index (χ4n) is 2.65. The molecule has 0 aliphatic rings. The third-order valence-electron chi connectivity index (χ3n) is 3.92. The Kier molecular flexibility index (Phi) is 11.2. The standard InChI is InChI=1S/C20H31N3O4S/c1-5-8-14(3)22-17(24)12-27-20(26)16-10-7-11-21-19(16)28-13-18(25)23-15(4)9-6-2/h7,10-11,14-15H,5-6,8-9,12-13H2,1-4H3,(H,22,24)(H,23,25)/t14-,15-/m1/s1. The fraction of sp³-hybridized carbons (Fsp3) is 0.600. The van der Waals surface area contributed by atoms with Crippen LogP contribution in [0.1, 0.15) is 63.7 Å². The Balaban J connectivity index is 2.56. The number of amides is 2. The second-order valence-corrected chi connectivity index (χ2v) is 7.70. The van der Waals surface area contributed by atoms with E-state index in [9.17, 15) is 14.4 Å². The summed E-state index contributed by atoms with van der Waals surface area (Å²) in [4.78, 5) is 40.4. The number of hydrogen-bond donors (Lipinski definition) is 2. The molecule has 1 heterocycles. The molecule has 0 aliphatic carbocycles. The van der Waals surface area contributed by atoms with Crippen LogP contribution in [-0.2, 0) is 14.3 Å². The monoisotopic (exact) mass is 409 g/mol. The van der Waals surface area contributed by atoms with E-state index in [1.54, 1.807) is 18.3 Å². The Hall–Kier alpha value is -2.09. The average molecular weight is 410 g/mol. The first-order valence-electron chi connectivity index (χ1n) is 9.70. The van der Waals surface area contributed by atoms with Crippen molar-refractivity contribution in [3.8, 4) is 0 Å². The van der Waals surface area contributed by atoms with E-state index in [0.29, 0.717) is 5.03 Å². The molecule has 0 aliphatic heterocycles. The van der Waals surface area contributed by atoms with Gasteiger partial charge in [0, 0.05) is 18.3 Å². The van der Waals surface area contributed by atoms with E-state index in [1.165, 1.54) is 11.8 Å². The van der Waals surface area contributed by atoms with Crippen molar-refractivity contribution >= 4 is 29.5 Å². The van der Waals surface area contributed by atoms with Gasteiger partial charge in [0.2, 0.25) is 5.91 Å². The Labute approximate surface area is 171 Å². The second-order valence-electron chi connectivity index (χ2n) is 6.74. The van der Waals surface area contributed by atoms with E-state index >= 15 is 0 Å². The molecule has 0 bridgehead atoms. The zero-order valence-corrected chi connectivity index (χ0v) is 17.9. The third-order valence-corrected chi connectivity index (χ3v) is 4.93. The van der Waals surface area contributed by atoms with Crippen molar-refractivity contribution in [1.82, 2.24) is 15.6 Å². The summed E-state index contributed by atoms with van der Waals surface area (Å²) in [5.74, 6) is -0.925. The van der Waals surface area contributed by atoms with Crippen LogP contribution in [0, 0.1) is 0 Å². The maximum Gasteiger partial charge on any atom is 0.341 e. The first-order chi connectivity index (χ1) is 13.4. The molecule has 0 spiro atoms. The van der Waals surface area contributed by atoms with Gasteiger partial charge < -0.3 is 15.4 Å². The number of nitrogens with zero attached hydrogens (tertiary/aromatic N) is 1. The lowest BCUT2D eigenvalue weighted by atomic mass is 10.2. The predicted octanol–water partition coefficient (Wildman–Crippen LogP) is 2.94. The minimum Gasteiger partial charge on any atom is -0.452 e. The van der Waals surface area contributed by atoms with E-state index < -0.39 is 5.97 Å². The minimum absolute atomic E-state index is 0.0364. The molecule has 2 amide bonds. The highest BCUT2D eigenvalue weighted by Gasteiger charge is 2.17. The first kappa shape index (κ1) is 23.9. The van der Waals surface area contributed by atoms with E-state index in [2.05, 4.69) is 22.5 Å². The maximum atomic E-state index is 12.3. The highest BCUT2D eigenvalue weighted by molar-refractivity contribution is 8.00. The maximum absolute atomic E-state index is 12.3. The van der Waals surface area contributed by atoms with Gasteiger partial charge in [-0.15, -0.1) is 0 Å². The van der Waals surface area contributed by atoms with E-state index in [-0.39, 0.29) is 41.8 Å². The fourth-order valence-corrected chi connectivity index (χ4v) is 3.44. The van der Waals surface area contributed by atoms with Crippen molar-refractivity contribution in [2.24, 2.45) is 0 Å². The van der Waals surface area contributed by atoms with Crippen molar-refractivity contribution in [3.05, 3.63) is 23.9 Å². The number of hydrogen-bond acceptors (Lipinski definition) is 6. The molecule has 0 aromatic carbocycles. The number of carbonyl (C=O) groups is 3. The van der Waals surface area contributed by atoms with Crippen molar-refractivity contribution in [3.63, 3.8) is 0 Å². The van der Waals surface area contributed by atoms with Crippen LogP contribution < -0.4 is 10.6 Å². The zero-order valence-electron chi connectivity index (χ0n) is 17.1. The molecule has 156 valence electrons. The molecule has 0 fully saturated rings. The number of thioether (sulfide) groups is 1. The molecule has 28 heavy (non-hydrogen) atoms. The first-order valence-corrected chi connectivity index (χ1v) is 10.7. The number of carbonyl (C=O) groups excluding carboxylic acids is 3. The molecule has 1 aromatic heterocycles. The van der Waals surface area contributed by atoms with Crippen molar-refractivity contribution in [2.45, 2.75) is 70.5 Å². The van der Waals surface area contributed by atoms with Crippen molar-refractivity contribution < 1.29 is 19.1 Å². The molecule has 2 atom stereocenters. The van der Waals surface area contributed by atoms with Crippen molar-refractivity contribution in [2.75, 3.05) is 12.4 Å². The summed E-state index contributed by atoms with van der Waals surface area (Å²) in [6.45, 7) is 7.62. The second kappa shape index (κ2) is 13.1. The van der Waals surface area contributed by atoms with Crippen LogP contribution in [0.5, 0.6) is 0 Å². The van der Waals surface area contributed by atoms with Gasteiger partial charge >= 0.3 is 5.97 Å². The summed E-state index contributed by atoms with van der Waals surface area (Å²) in [5.41, 5.74) is 0.247. The summed E-state index contributed by atoms with van der Waals surface area (Å²) < 4.78 is 5.11. The van der Waals surface area contributed by atoms with Crippen LogP contribution in [-0.4, -0.2) is 47.2 Å². The normalized spacial score (nSPS) is 12.7. The SMILES string of the molecule is CCC[C@@H](C)NC(=O)COC(=O)c1cccnc1SCC(=O)N[C@H](C)CCC. The smallest absolute Gasteiger partial charge is 0.341 e. The number of nitrogens with one attached hydrogen (secondary N) is 2. The predicted molar refractivity (Wildman–Crippen MR) is 110 cm³/mol. The van der Waals surface area contributed by atoms with Crippen LogP contribution >= 0.6 is 11.8 Å². The quantitative estimate of drug-likeness (QED) is 0.407. The zero-order chi connectivity index (χ0) is 20.9. The summed E-state index contributed by atoms with van der Waals surface area (Å²) in [6, 6.07) is 3.34. The van der Waals surface area contributed by atoms with E-state index in [4.69, 9.17) is 4.74 Å². The van der Waals surface area contributed by atoms with Crippen LogP contribution in [0.15, 0.2) is 23.4 Å². The Morgan fingerprint density at radius 3 is 2.29 bits per heavy atom. The topological polar surface area (TPSA) is 97.4 Å². The van der Waals surface area contributed by atoms with Gasteiger partial charge in [-0.2, -0.15) is 0 Å². The van der Waals surface area contributed by atoms with Crippen LogP contribution in [0.2, 0.25) is 0 Å². The van der Waals surface area contributed by atoms with Crippen molar-refractivity contribution in [1.29, 1.82) is 0 Å². The number of pyridine rings is 1. The van der Waals surface area contributed by atoms with E-state index in [0.717, 1.165) is 25.7 Å². The van der Waals surface area contributed by atoms with Crippen LogP contribution in [0.3, 0.4) is 0 Å². The molecule has 8 heteroatoms. The Bertz CT molecular complexity index is 654. The van der Waals surface area contributed by atoms with Gasteiger partial charge in [0.25, 0.3) is 5.91 Å². The highest BCUT2D eigenvalue weighted by Crippen LogP contribution is 2.20. The molecule has 7 nitrogen and oxygen atoms in total. The number of rotatable bonds is 12. The minimum atomic E-state index is -0.631. The lowest BCUT2D eigenvalue weighted by molar-refractivity contribution is -0.125. The average Bonchev–Trinajstić information content (AvgIpc) is 2.65. The van der Waals surface area contributed by atoms with Crippen LogP contribution in [0.25, 0.3) is 0 Å². The van der Waals surface area contributed by atoms with Gasteiger partial charge in [0.15, 0.2) is 6.61 Å². The van der Waals surface area contributed by atoms with Gasteiger partial charge in [-0.3, -0.25) is 9.59 Å². The molecular weight excluding hydrogens is 378 g/mol. The van der Waals surface area contributed by atoms with Crippen LogP contribution in [0.4, 0.5) is 0 Å². The number of aromatic nitrogens is 1.